The molecule has 0 bridgehead atoms. The summed E-state index contributed by atoms with van der Waals surface area (Å²) in [6, 6.07) is 0. The summed E-state index contributed by atoms with van der Waals surface area (Å²) in [7, 11) is 0. The lowest BCUT2D eigenvalue weighted by Gasteiger charge is -2.34. The Morgan fingerprint density at radius 2 is 1.62 bits per heavy atom. The van der Waals surface area contributed by atoms with Gasteiger partial charge in [-0.15, -0.1) is 12.4 Å². The first kappa shape index (κ1) is 24.5. The van der Waals surface area contributed by atoms with Crippen molar-refractivity contribution in [3.63, 3.8) is 0 Å². The number of benzene rings is 1. The number of carboxylic acid groups (broad SMARTS) is 1. The average Bonchev–Trinajstić information content (AvgIpc) is 2.59. The van der Waals surface area contributed by atoms with Crippen LogP contribution in [-0.2, 0) is 11.2 Å². The van der Waals surface area contributed by atoms with Gasteiger partial charge in [0.05, 0.1) is 0 Å². The molecule has 0 fully saturated rings. The highest BCUT2D eigenvalue weighted by Crippen LogP contribution is 2.43. The molecule has 1 unspecified atom stereocenters. The molecule has 0 saturated heterocycles. The van der Waals surface area contributed by atoms with Gasteiger partial charge in [0.2, 0.25) is 5.60 Å². The second-order valence-corrected chi connectivity index (χ2v) is 6.81. The third-order valence-electron chi connectivity index (χ3n) is 4.88. The van der Waals surface area contributed by atoms with Gasteiger partial charge in [0.25, 0.3) is 0 Å². The first-order chi connectivity index (χ1) is 11.7. The van der Waals surface area contributed by atoms with E-state index in [-0.39, 0.29) is 18.2 Å². The van der Waals surface area contributed by atoms with E-state index in [1.807, 2.05) is 20.8 Å². The van der Waals surface area contributed by atoms with Crippen LogP contribution in [0.3, 0.4) is 0 Å². The minimum atomic E-state index is -1.17. The zero-order valence-electron chi connectivity index (χ0n) is 16.2. The molecule has 1 aliphatic rings. The van der Waals surface area contributed by atoms with Crippen molar-refractivity contribution in [1.82, 2.24) is 0 Å². The van der Waals surface area contributed by atoms with E-state index in [0.717, 1.165) is 48.2 Å². The summed E-state index contributed by atoms with van der Waals surface area (Å²) in [4.78, 5) is 11.3. The van der Waals surface area contributed by atoms with Crippen molar-refractivity contribution < 1.29 is 19.7 Å². The highest BCUT2D eigenvalue weighted by atomic mass is 35.5. The summed E-state index contributed by atoms with van der Waals surface area (Å²) in [5.41, 5.74) is 12.6. The topological polar surface area (TPSA) is 119 Å². The zero-order chi connectivity index (χ0) is 19.2. The minimum absolute atomic E-state index is 0. The van der Waals surface area contributed by atoms with Crippen molar-refractivity contribution in [2.75, 3.05) is 13.1 Å². The molecule has 0 radical (unpaired) electrons. The lowest BCUT2D eigenvalue weighted by Crippen LogP contribution is -2.44. The monoisotopic (exact) mass is 388 g/mol. The van der Waals surface area contributed by atoms with E-state index in [9.17, 15) is 15.0 Å². The fraction of sp³-hybridized carbons (Fsp3) is 0.632. The van der Waals surface area contributed by atoms with Gasteiger partial charge in [-0.3, -0.25) is 0 Å². The van der Waals surface area contributed by atoms with Gasteiger partial charge in [0, 0.05) is 12.0 Å². The molecule has 6 nitrogen and oxygen atoms in total. The summed E-state index contributed by atoms with van der Waals surface area (Å²) in [5, 5.41) is 19.2. The number of nitrogens with two attached hydrogens (primary N) is 2. The van der Waals surface area contributed by atoms with Crippen LogP contribution in [0, 0.1) is 20.8 Å². The average molecular weight is 389 g/mol. The molecule has 1 heterocycles. The molecule has 0 aliphatic carbocycles. The molecule has 7 heteroatoms. The van der Waals surface area contributed by atoms with Crippen molar-refractivity contribution in [1.29, 1.82) is 0 Å². The number of carbonyl (C=O) groups is 1. The standard InChI is InChI=1S/C14H18O4.C5H14N2.ClH/c1-7-8(2)12-10(9(3)11(7)15)5-6-14(4,18-12)13(16)17;6-4-2-1-3-5-7;/h15H,5-6H2,1-4H3,(H,16,17);1-7H2;1H. The summed E-state index contributed by atoms with van der Waals surface area (Å²) < 4.78 is 5.72. The predicted octanol–water partition coefficient (Wildman–Crippen LogP) is 2.98. The van der Waals surface area contributed by atoms with Crippen molar-refractivity contribution >= 4 is 18.4 Å². The predicted molar refractivity (Wildman–Crippen MR) is 107 cm³/mol. The minimum Gasteiger partial charge on any atom is -0.507 e. The maximum absolute atomic E-state index is 11.3. The number of rotatable bonds is 5. The van der Waals surface area contributed by atoms with Gasteiger partial charge in [0.15, 0.2) is 0 Å². The van der Waals surface area contributed by atoms with Crippen LogP contribution in [0.2, 0.25) is 0 Å². The van der Waals surface area contributed by atoms with Crippen molar-refractivity contribution in [3.8, 4) is 11.5 Å². The number of phenols is 1. The van der Waals surface area contributed by atoms with Gasteiger partial charge in [0.1, 0.15) is 11.5 Å². The van der Waals surface area contributed by atoms with Crippen LogP contribution >= 0.6 is 12.4 Å². The van der Waals surface area contributed by atoms with Crippen LogP contribution in [0.5, 0.6) is 11.5 Å². The lowest BCUT2D eigenvalue weighted by atomic mass is 9.87. The Bertz CT molecular complexity index is 618. The number of carboxylic acids is 1. The molecule has 26 heavy (non-hydrogen) atoms. The zero-order valence-corrected chi connectivity index (χ0v) is 17.0. The largest absolute Gasteiger partial charge is 0.507 e. The number of hydrogen-bond donors (Lipinski definition) is 4. The first-order valence-corrected chi connectivity index (χ1v) is 8.83. The molecule has 6 N–H and O–H groups in total. The van der Waals surface area contributed by atoms with E-state index < -0.39 is 11.6 Å². The van der Waals surface area contributed by atoms with E-state index in [1.54, 1.807) is 6.92 Å². The number of aromatic hydroxyl groups is 1. The highest BCUT2D eigenvalue weighted by molar-refractivity contribution is 5.85. The fourth-order valence-corrected chi connectivity index (χ4v) is 2.86. The van der Waals surface area contributed by atoms with Crippen molar-refractivity contribution in [2.24, 2.45) is 11.5 Å². The molecular formula is C19H33ClN2O4. The number of fused-ring (bicyclic) bond motifs is 1. The van der Waals surface area contributed by atoms with Gasteiger partial charge >= 0.3 is 5.97 Å². The molecule has 0 spiro atoms. The van der Waals surface area contributed by atoms with Gasteiger partial charge in [-0.2, -0.15) is 0 Å². The molecule has 0 saturated carbocycles. The molecular weight excluding hydrogens is 356 g/mol. The number of halogens is 1. The van der Waals surface area contributed by atoms with Crippen LogP contribution in [0.1, 0.15) is 54.9 Å². The van der Waals surface area contributed by atoms with Crippen LogP contribution in [0.4, 0.5) is 0 Å². The van der Waals surface area contributed by atoms with Gasteiger partial charge < -0.3 is 26.4 Å². The molecule has 1 atom stereocenters. The number of hydrogen-bond acceptors (Lipinski definition) is 5. The molecule has 2 rings (SSSR count). The van der Waals surface area contributed by atoms with Crippen molar-refractivity contribution in [2.45, 2.75) is 65.4 Å². The van der Waals surface area contributed by atoms with E-state index in [2.05, 4.69) is 0 Å². The summed E-state index contributed by atoms with van der Waals surface area (Å²) in [6.45, 7) is 8.71. The van der Waals surface area contributed by atoms with E-state index in [1.165, 1.54) is 6.42 Å². The van der Waals surface area contributed by atoms with E-state index >= 15 is 0 Å². The number of unbranched alkanes of at least 4 members (excludes halogenated alkanes) is 2. The van der Waals surface area contributed by atoms with Gasteiger partial charge in [-0.1, -0.05) is 6.42 Å². The Morgan fingerprint density at radius 3 is 2.08 bits per heavy atom. The molecule has 0 aromatic heterocycles. The van der Waals surface area contributed by atoms with Crippen LogP contribution in [0.15, 0.2) is 0 Å². The maximum Gasteiger partial charge on any atom is 0.347 e. The maximum atomic E-state index is 11.3. The number of aliphatic carboxylic acids is 1. The fourth-order valence-electron chi connectivity index (χ4n) is 2.86. The van der Waals surface area contributed by atoms with E-state index in [0.29, 0.717) is 18.6 Å². The second kappa shape index (κ2) is 10.6. The Hall–Kier alpha value is -1.50. The molecule has 1 aromatic carbocycles. The SMILES string of the molecule is Cc1c(C)c2c(c(C)c1O)CCC(C)(C(=O)O)O2.Cl.NCCCCCN. The Labute approximate surface area is 162 Å². The van der Waals surface area contributed by atoms with Crippen LogP contribution in [0.25, 0.3) is 0 Å². The van der Waals surface area contributed by atoms with Crippen LogP contribution < -0.4 is 16.2 Å². The molecule has 1 aliphatic heterocycles. The highest BCUT2D eigenvalue weighted by Gasteiger charge is 2.40. The van der Waals surface area contributed by atoms with Crippen LogP contribution in [-0.4, -0.2) is 34.9 Å². The Kier molecular flexibility index (Phi) is 9.99. The third-order valence-corrected chi connectivity index (χ3v) is 4.88. The van der Waals surface area contributed by atoms with Gasteiger partial charge in [-0.05, 0) is 76.7 Å². The summed E-state index contributed by atoms with van der Waals surface area (Å²) in [6.07, 6.45) is 4.46. The smallest absolute Gasteiger partial charge is 0.347 e. The first-order valence-electron chi connectivity index (χ1n) is 8.83. The summed E-state index contributed by atoms with van der Waals surface area (Å²) in [5.74, 6) is -0.0383. The second-order valence-electron chi connectivity index (χ2n) is 6.81. The normalized spacial score (nSPS) is 17.9. The third kappa shape index (κ3) is 5.50. The quantitative estimate of drug-likeness (QED) is 0.576. The Morgan fingerprint density at radius 1 is 1.08 bits per heavy atom. The summed E-state index contributed by atoms with van der Waals surface area (Å²) >= 11 is 0. The van der Waals surface area contributed by atoms with Gasteiger partial charge in [-0.25, -0.2) is 4.79 Å². The van der Waals surface area contributed by atoms with E-state index in [4.69, 9.17) is 16.2 Å². The Balaban J connectivity index is 0.000000673. The number of phenolic OH excluding ortho intramolecular Hbond substituents is 1. The lowest BCUT2D eigenvalue weighted by molar-refractivity contribution is -0.155. The molecule has 150 valence electrons. The molecule has 0 amide bonds. The van der Waals surface area contributed by atoms with Crippen molar-refractivity contribution in [3.05, 3.63) is 22.3 Å². The number of ether oxygens (including phenoxy) is 1. The molecule has 1 aromatic rings.